The van der Waals surface area contributed by atoms with E-state index in [0.717, 1.165) is 45.6 Å². The molecule has 2 saturated heterocycles. The lowest BCUT2D eigenvalue weighted by Crippen LogP contribution is -2.52. The van der Waals surface area contributed by atoms with Gasteiger partial charge in [0.25, 0.3) is 0 Å². The first-order valence-corrected chi connectivity index (χ1v) is 6.64. The Morgan fingerprint density at radius 2 is 1.94 bits per heavy atom. The molecule has 2 aliphatic heterocycles. The fourth-order valence-corrected chi connectivity index (χ4v) is 2.71. The molecule has 0 aromatic heterocycles. The molecular weight excluding hydrogens is 234 g/mol. The Morgan fingerprint density at radius 1 is 1.22 bits per heavy atom. The van der Waals surface area contributed by atoms with Crippen LogP contribution in [0.2, 0.25) is 0 Å². The van der Waals surface area contributed by atoms with Crippen LogP contribution in [0.5, 0.6) is 0 Å². The third-order valence-corrected chi connectivity index (χ3v) is 3.69. The number of hydrogen-bond acceptors (Lipinski definition) is 4. The van der Waals surface area contributed by atoms with Crippen LogP contribution in [-0.4, -0.2) is 72.1 Å². The van der Waals surface area contributed by atoms with E-state index in [2.05, 4.69) is 5.32 Å². The first-order valence-electron chi connectivity index (χ1n) is 6.64. The van der Waals surface area contributed by atoms with Crippen molar-refractivity contribution >= 4 is 11.9 Å². The van der Waals surface area contributed by atoms with Crippen LogP contribution in [0.3, 0.4) is 0 Å². The molecule has 1 atom stereocenters. The quantitative estimate of drug-likeness (QED) is 0.699. The third-order valence-electron chi connectivity index (χ3n) is 3.69. The van der Waals surface area contributed by atoms with Crippen LogP contribution in [0.4, 0.5) is 0 Å². The zero-order valence-corrected chi connectivity index (χ0v) is 10.6. The van der Waals surface area contributed by atoms with Crippen molar-refractivity contribution < 1.29 is 14.7 Å². The monoisotopic (exact) mass is 255 g/mol. The number of aliphatic carboxylic acids is 1. The van der Waals surface area contributed by atoms with Crippen LogP contribution in [0, 0.1) is 0 Å². The van der Waals surface area contributed by atoms with E-state index in [1.54, 1.807) is 0 Å². The van der Waals surface area contributed by atoms with Crippen molar-refractivity contribution in [3.05, 3.63) is 0 Å². The van der Waals surface area contributed by atoms with Gasteiger partial charge in [0.05, 0.1) is 12.5 Å². The predicted molar refractivity (Wildman–Crippen MR) is 66.3 cm³/mol. The Kier molecular flexibility index (Phi) is 4.54. The Labute approximate surface area is 107 Å². The van der Waals surface area contributed by atoms with Crippen LogP contribution < -0.4 is 5.32 Å². The van der Waals surface area contributed by atoms with Gasteiger partial charge < -0.3 is 15.3 Å². The Morgan fingerprint density at radius 3 is 2.61 bits per heavy atom. The van der Waals surface area contributed by atoms with Gasteiger partial charge in [0.2, 0.25) is 5.91 Å². The molecule has 0 radical (unpaired) electrons. The summed E-state index contributed by atoms with van der Waals surface area (Å²) in [4.78, 5) is 26.9. The second-order valence-electron chi connectivity index (χ2n) is 4.91. The van der Waals surface area contributed by atoms with Crippen molar-refractivity contribution in [2.45, 2.75) is 25.3 Å². The second kappa shape index (κ2) is 6.15. The van der Waals surface area contributed by atoms with Crippen molar-refractivity contribution in [3.8, 4) is 0 Å². The molecule has 0 spiro atoms. The largest absolute Gasteiger partial charge is 0.481 e. The van der Waals surface area contributed by atoms with Crippen molar-refractivity contribution in [3.63, 3.8) is 0 Å². The molecule has 2 aliphatic rings. The molecular formula is C12H21N3O3. The molecule has 0 aromatic rings. The van der Waals surface area contributed by atoms with Gasteiger partial charge >= 0.3 is 5.97 Å². The van der Waals surface area contributed by atoms with Gasteiger partial charge in [-0.3, -0.25) is 14.5 Å². The summed E-state index contributed by atoms with van der Waals surface area (Å²) < 4.78 is 0. The summed E-state index contributed by atoms with van der Waals surface area (Å²) in [5.74, 6) is -0.616. The highest BCUT2D eigenvalue weighted by Crippen LogP contribution is 2.19. The maximum Gasteiger partial charge on any atom is 0.304 e. The lowest BCUT2D eigenvalue weighted by Gasteiger charge is -2.32. The summed E-state index contributed by atoms with van der Waals surface area (Å²) in [5, 5.41) is 11.9. The number of carboxylic acid groups (broad SMARTS) is 1. The smallest absolute Gasteiger partial charge is 0.304 e. The van der Waals surface area contributed by atoms with Gasteiger partial charge in [-0.1, -0.05) is 0 Å². The van der Waals surface area contributed by atoms with Gasteiger partial charge in [0.1, 0.15) is 0 Å². The third kappa shape index (κ3) is 3.20. The van der Waals surface area contributed by atoms with Crippen LogP contribution >= 0.6 is 0 Å². The molecule has 1 unspecified atom stereocenters. The van der Waals surface area contributed by atoms with Gasteiger partial charge in [-0.05, 0) is 19.4 Å². The Bertz CT molecular complexity index is 316. The summed E-state index contributed by atoms with van der Waals surface area (Å²) in [7, 11) is 0. The number of piperazine rings is 1. The van der Waals surface area contributed by atoms with Gasteiger partial charge in [-0.2, -0.15) is 0 Å². The number of nitrogens with one attached hydrogen (secondary N) is 1. The number of likely N-dealkylation sites (tertiary alicyclic amines) is 1. The van der Waals surface area contributed by atoms with Gasteiger partial charge in [-0.15, -0.1) is 0 Å². The summed E-state index contributed by atoms with van der Waals surface area (Å²) in [6, 6.07) is -0.0950. The zero-order chi connectivity index (χ0) is 13.0. The van der Waals surface area contributed by atoms with Gasteiger partial charge in [0, 0.05) is 32.7 Å². The zero-order valence-electron chi connectivity index (χ0n) is 10.6. The number of rotatable bonds is 4. The second-order valence-corrected chi connectivity index (χ2v) is 4.91. The number of carbonyl (C=O) groups excluding carboxylic acids is 1. The van der Waals surface area contributed by atoms with Crippen LogP contribution in [0.15, 0.2) is 0 Å². The molecule has 6 nitrogen and oxygen atoms in total. The number of carbonyl (C=O) groups is 2. The molecule has 6 heteroatoms. The maximum absolute atomic E-state index is 12.4. The fraction of sp³-hybridized carbons (Fsp3) is 0.833. The van der Waals surface area contributed by atoms with E-state index in [4.69, 9.17) is 5.11 Å². The van der Waals surface area contributed by atoms with Crippen LogP contribution in [-0.2, 0) is 9.59 Å². The van der Waals surface area contributed by atoms with Gasteiger partial charge in [0.15, 0.2) is 0 Å². The average Bonchev–Trinajstić information content (AvgIpc) is 2.85. The first-order chi connectivity index (χ1) is 8.68. The summed E-state index contributed by atoms with van der Waals surface area (Å²) >= 11 is 0. The van der Waals surface area contributed by atoms with E-state index in [1.165, 1.54) is 0 Å². The van der Waals surface area contributed by atoms with Crippen molar-refractivity contribution in [2.75, 3.05) is 39.3 Å². The van der Waals surface area contributed by atoms with Crippen molar-refractivity contribution in [1.82, 2.24) is 15.1 Å². The summed E-state index contributed by atoms with van der Waals surface area (Å²) in [5.41, 5.74) is 0. The molecule has 2 heterocycles. The minimum Gasteiger partial charge on any atom is -0.481 e. The summed E-state index contributed by atoms with van der Waals surface area (Å²) in [6.07, 6.45) is 1.97. The van der Waals surface area contributed by atoms with Crippen molar-refractivity contribution in [2.24, 2.45) is 0 Å². The minimum absolute atomic E-state index is 0.0950. The molecule has 2 N–H and O–H groups in total. The lowest BCUT2D eigenvalue weighted by molar-refractivity contribution is -0.140. The highest BCUT2D eigenvalue weighted by Gasteiger charge is 2.33. The average molecular weight is 255 g/mol. The topological polar surface area (TPSA) is 72.9 Å². The number of carboxylic acids is 1. The van der Waals surface area contributed by atoms with E-state index in [-0.39, 0.29) is 18.4 Å². The maximum atomic E-state index is 12.4. The van der Waals surface area contributed by atoms with E-state index < -0.39 is 5.97 Å². The number of amides is 1. The van der Waals surface area contributed by atoms with E-state index in [9.17, 15) is 9.59 Å². The summed E-state index contributed by atoms with van der Waals surface area (Å²) in [6.45, 7) is 4.57. The normalized spacial score (nSPS) is 25.3. The molecule has 0 saturated carbocycles. The van der Waals surface area contributed by atoms with Crippen LogP contribution in [0.25, 0.3) is 0 Å². The van der Waals surface area contributed by atoms with Gasteiger partial charge in [-0.25, -0.2) is 0 Å². The minimum atomic E-state index is -0.796. The fourth-order valence-electron chi connectivity index (χ4n) is 2.71. The Balaban J connectivity index is 1.89. The van der Waals surface area contributed by atoms with Crippen molar-refractivity contribution in [1.29, 1.82) is 0 Å². The lowest BCUT2D eigenvalue weighted by atomic mass is 10.1. The highest BCUT2D eigenvalue weighted by atomic mass is 16.4. The first kappa shape index (κ1) is 13.3. The highest BCUT2D eigenvalue weighted by molar-refractivity contribution is 5.82. The molecule has 102 valence electrons. The number of hydrogen-bond donors (Lipinski definition) is 2. The van der Waals surface area contributed by atoms with E-state index in [0.29, 0.717) is 6.54 Å². The number of nitrogens with zero attached hydrogens (tertiary/aromatic N) is 2. The molecule has 2 fully saturated rings. The molecule has 0 bridgehead atoms. The molecule has 0 aromatic carbocycles. The van der Waals surface area contributed by atoms with E-state index in [1.807, 2.05) is 9.80 Å². The van der Waals surface area contributed by atoms with E-state index >= 15 is 0 Å². The molecule has 18 heavy (non-hydrogen) atoms. The predicted octanol–water partition coefficient (Wildman–Crippen LogP) is -0.643. The molecule has 2 rings (SSSR count). The van der Waals surface area contributed by atoms with Crippen LogP contribution in [0.1, 0.15) is 19.3 Å². The molecule has 0 aliphatic carbocycles. The Hall–Kier alpha value is -1.14. The standard InChI is InChI=1S/C12H21N3O3/c16-11(17)3-7-14-6-1-2-10(14)12(18)15-8-4-13-5-9-15/h10,13H,1-9H2,(H,16,17). The molecule has 1 amide bonds. The SMILES string of the molecule is O=C(O)CCN1CCCC1C(=O)N1CCNCC1.